The fourth-order valence-corrected chi connectivity index (χ4v) is 7.27. The van der Waals surface area contributed by atoms with Crippen LogP contribution in [-0.4, -0.2) is 175 Å². The maximum absolute atomic E-state index is 14.1. The maximum Gasteiger partial charge on any atom is 0.326 e. The van der Waals surface area contributed by atoms with Crippen LogP contribution in [0.4, 0.5) is 0 Å². The number of nitrogens with one attached hydrogen (secondary N) is 9. The van der Waals surface area contributed by atoms with Gasteiger partial charge in [0.25, 0.3) is 0 Å². The van der Waals surface area contributed by atoms with E-state index in [0.717, 1.165) is 0 Å². The number of aliphatic carboxylic acids is 3. The molecule has 0 aliphatic heterocycles. The third kappa shape index (κ3) is 27.0. The van der Waals surface area contributed by atoms with Gasteiger partial charge in [0.2, 0.25) is 59.1 Å². The smallest absolute Gasteiger partial charge is 0.326 e. The summed E-state index contributed by atoms with van der Waals surface area (Å²) in [5.41, 5.74) is 21.9. The van der Waals surface area contributed by atoms with Crippen LogP contribution in [0.1, 0.15) is 110 Å². The molecular weight excluding hydrogens is 1020 g/mol. The number of carbonyl (C=O) groups is 13. The number of rotatable bonds is 39. The second-order valence-corrected chi connectivity index (χ2v) is 19.0. The Morgan fingerprint density at radius 1 is 0.519 bits per heavy atom. The number of unbranched alkanes of at least 4 members (excludes halogenated alkanes) is 1. The van der Waals surface area contributed by atoms with Crippen LogP contribution >= 0.6 is 0 Å². The summed E-state index contributed by atoms with van der Waals surface area (Å²) in [4.78, 5) is 174. The fourth-order valence-electron chi connectivity index (χ4n) is 7.27. The van der Waals surface area contributed by atoms with Crippen molar-refractivity contribution in [3.8, 4) is 0 Å². The normalized spacial score (nSPS) is 14.6. The van der Waals surface area contributed by atoms with Crippen LogP contribution < -0.4 is 65.5 Å². The first-order valence-electron chi connectivity index (χ1n) is 24.8. The highest BCUT2D eigenvalue weighted by Gasteiger charge is 2.36. The van der Waals surface area contributed by atoms with Crippen molar-refractivity contribution in [2.75, 3.05) is 13.2 Å². The van der Waals surface area contributed by atoms with E-state index >= 15 is 0 Å². The monoisotopic (exact) mass is 1100 g/mol. The van der Waals surface area contributed by atoms with Gasteiger partial charge in [0.05, 0.1) is 25.4 Å². The van der Waals surface area contributed by atoms with Crippen LogP contribution in [0.2, 0.25) is 0 Å². The fraction of sp³-hybridized carbons (Fsp3) is 0.652. The number of nitrogens with zero attached hydrogens (tertiary/aromatic N) is 1. The van der Waals surface area contributed by atoms with Crippen LogP contribution in [0.5, 0.6) is 0 Å². The molecule has 31 nitrogen and oxygen atoms in total. The molecule has 0 aliphatic rings. The molecule has 0 saturated heterocycles. The number of imidazole rings is 1. The number of amides is 10. The van der Waals surface area contributed by atoms with Gasteiger partial charge in [-0.3, -0.25) is 57.5 Å². The Kier molecular flexibility index (Phi) is 30.3. The van der Waals surface area contributed by atoms with E-state index in [-0.39, 0.29) is 56.2 Å². The first kappa shape index (κ1) is 67.2. The Balaban J connectivity index is 3.47. The van der Waals surface area contributed by atoms with Gasteiger partial charge in [0, 0.05) is 37.6 Å². The minimum absolute atomic E-state index is 0.0459. The van der Waals surface area contributed by atoms with Gasteiger partial charge in [0.1, 0.15) is 48.3 Å². The molecule has 432 valence electrons. The van der Waals surface area contributed by atoms with E-state index in [1.54, 1.807) is 27.7 Å². The number of primary amides is 2. The molecule has 0 spiro atoms. The molecule has 0 radical (unpaired) electrons. The molecule has 31 heteroatoms. The summed E-state index contributed by atoms with van der Waals surface area (Å²) in [6.07, 6.45) is -1.07. The highest BCUT2D eigenvalue weighted by atomic mass is 16.4. The van der Waals surface area contributed by atoms with Crippen LogP contribution in [-0.2, 0) is 68.7 Å². The van der Waals surface area contributed by atoms with Gasteiger partial charge in [-0.2, -0.15) is 0 Å². The molecule has 9 atom stereocenters. The SMILES string of the molecule is CC(C)C[C@H](NC(=O)[C@H](CC(C)C)NC(=O)[C@H](CC(=O)O)NC(=O)[C@@H](N)CCC(N)=O)C(=O)N[C@@H](CO)C(=O)N[C@@H](Cc1cnc[nH]1)C(=O)N[C@@H](CCC(=O)O)C(=O)N[C@@H](CCC(N)=O)C(=O)N[C@@H](CCCCN)C(=O)O. The molecule has 0 saturated carbocycles. The number of aromatic amines is 1. The molecule has 1 heterocycles. The van der Waals surface area contributed by atoms with Crippen molar-refractivity contribution < 1.29 is 82.8 Å². The van der Waals surface area contributed by atoms with E-state index in [4.69, 9.17) is 22.9 Å². The molecule has 0 bridgehead atoms. The zero-order chi connectivity index (χ0) is 58.5. The van der Waals surface area contributed by atoms with Gasteiger partial charge < -0.3 is 90.9 Å². The number of H-pyrrole nitrogens is 1. The molecule has 0 aromatic carbocycles. The predicted octanol–water partition coefficient (Wildman–Crippen LogP) is -5.67. The van der Waals surface area contributed by atoms with Gasteiger partial charge in [-0.1, -0.05) is 27.7 Å². The summed E-state index contributed by atoms with van der Waals surface area (Å²) in [6, 6.07) is -14.4. The van der Waals surface area contributed by atoms with E-state index < -0.39 is 176 Å². The largest absolute Gasteiger partial charge is 0.481 e. The minimum Gasteiger partial charge on any atom is -0.481 e. The first-order valence-corrected chi connectivity index (χ1v) is 24.8. The Morgan fingerprint density at radius 2 is 0.935 bits per heavy atom. The summed E-state index contributed by atoms with van der Waals surface area (Å²) in [7, 11) is 0. The number of aliphatic hydroxyl groups is 1. The average Bonchev–Trinajstić information content (AvgIpc) is 3.86. The number of carboxylic acids is 3. The van der Waals surface area contributed by atoms with E-state index in [1.807, 2.05) is 0 Å². The number of carbonyl (C=O) groups excluding carboxylic acids is 10. The van der Waals surface area contributed by atoms with Crippen molar-refractivity contribution in [2.45, 2.75) is 166 Å². The lowest BCUT2D eigenvalue weighted by Gasteiger charge is -2.28. The standard InChI is InChI=1S/C46H76N14O17/c1-22(2)15-29(58-44(74)32(18-37(66)67)56-38(68)25(48)8-11-34(49)62)41(71)57-30(16-23(3)4)42(72)60-33(20-61)45(75)59-31(17-24-19-51-21-52-24)43(73)54-27(10-13-36(64)65)39(69)53-26(9-12-35(50)63)40(70)55-28(46(76)77)7-5-6-14-47/h19,21-23,25-33,61H,5-18,20,47-48H2,1-4H3,(H2,49,62)(H2,50,63)(H,51,52)(H,53,69)(H,54,73)(H,55,70)(H,56,68)(H,57,71)(H,58,74)(H,59,75)(H,60,72)(H,64,65)(H,66,67)(H,76,77)/t25-,26-,27-,28-,29-,30-,31-,32-,33-/m0/s1. The van der Waals surface area contributed by atoms with E-state index in [9.17, 15) is 82.8 Å². The number of aliphatic hydroxyl groups excluding tert-OH is 1. The minimum atomic E-state index is -1.84. The molecule has 0 aliphatic carbocycles. The number of hydrogen-bond acceptors (Lipinski definition) is 17. The van der Waals surface area contributed by atoms with Crippen molar-refractivity contribution in [1.82, 2.24) is 52.5 Å². The van der Waals surface area contributed by atoms with Gasteiger partial charge in [-0.15, -0.1) is 0 Å². The van der Waals surface area contributed by atoms with E-state index in [0.29, 0.717) is 12.8 Å². The van der Waals surface area contributed by atoms with Crippen molar-refractivity contribution >= 4 is 77.0 Å². The molecule has 1 rings (SSSR count). The molecule has 77 heavy (non-hydrogen) atoms. The Bertz CT molecular complexity index is 2190. The Morgan fingerprint density at radius 3 is 1.38 bits per heavy atom. The third-order valence-corrected chi connectivity index (χ3v) is 11.3. The third-order valence-electron chi connectivity index (χ3n) is 11.3. The van der Waals surface area contributed by atoms with Crippen LogP contribution in [0.25, 0.3) is 0 Å². The maximum atomic E-state index is 14.1. The molecule has 1 aromatic rings. The van der Waals surface area contributed by atoms with Crippen LogP contribution in [0, 0.1) is 11.8 Å². The number of aromatic nitrogens is 2. The first-order chi connectivity index (χ1) is 36.1. The topological polar surface area (TPSA) is 532 Å². The number of hydrogen-bond donors (Lipinski definition) is 17. The zero-order valence-electron chi connectivity index (χ0n) is 43.5. The zero-order valence-corrected chi connectivity index (χ0v) is 43.5. The highest BCUT2D eigenvalue weighted by molar-refractivity contribution is 5.99. The summed E-state index contributed by atoms with van der Waals surface area (Å²) in [6.45, 7) is 5.89. The van der Waals surface area contributed by atoms with E-state index in [2.05, 4.69) is 52.5 Å². The Hall–Kier alpha value is -7.80. The summed E-state index contributed by atoms with van der Waals surface area (Å²) < 4.78 is 0. The Labute approximate surface area is 443 Å². The highest BCUT2D eigenvalue weighted by Crippen LogP contribution is 2.12. The van der Waals surface area contributed by atoms with Gasteiger partial charge in [-0.05, 0) is 69.7 Å². The second-order valence-electron chi connectivity index (χ2n) is 19.0. The number of nitrogens with two attached hydrogens (primary N) is 4. The predicted molar refractivity (Wildman–Crippen MR) is 268 cm³/mol. The van der Waals surface area contributed by atoms with Gasteiger partial charge in [0.15, 0.2) is 0 Å². The van der Waals surface area contributed by atoms with Crippen molar-refractivity contribution in [3.05, 3.63) is 18.2 Å². The molecule has 10 amide bonds. The summed E-state index contributed by atoms with van der Waals surface area (Å²) in [5.74, 6) is -15.2. The van der Waals surface area contributed by atoms with Crippen molar-refractivity contribution in [3.63, 3.8) is 0 Å². The van der Waals surface area contributed by atoms with Gasteiger partial charge >= 0.3 is 17.9 Å². The lowest BCUT2D eigenvalue weighted by molar-refractivity contribution is -0.143. The quantitative estimate of drug-likeness (QED) is 0.0273. The van der Waals surface area contributed by atoms with Crippen molar-refractivity contribution in [1.29, 1.82) is 0 Å². The molecule has 1 aromatic heterocycles. The summed E-state index contributed by atoms with van der Waals surface area (Å²) in [5, 5.41) is 57.9. The summed E-state index contributed by atoms with van der Waals surface area (Å²) >= 11 is 0. The van der Waals surface area contributed by atoms with Crippen molar-refractivity contribution in [2.24, 2.45) is 34.8 Å². The van der Waals surface area contributed by atoms with E-state index in [1.165, 1.54) is 12.5 Å². The average molecular weight is 1100 g/mol. The number of carboxylic acid groups (broad SMARTS) is 3. The second kappa shape index (κ2) is 34.7. The van der Waals surface area contributed by atoms with Gasteiger partial charge in [-0.25, -0.2) is 9.78 Å². The molecule has 0 fully saturated rings. The molecular formula is C46H76N14O17. The lowest BCUT2D eigenvalue weighted by Crippen LogP contribution is -2.61. The molecule has 21 N–H and O–H groups in total. The van der Waals surface area contributed by atoms with Crippen LogP contribution in [0.3, 0.4) is 0 Å². The molecule has 0 unspecified atom stereocenters. The lowest BCUT2D eigenvalue weighted by atomic mass is 9.99. The van der Waals surface area contributed by atoms with Crippen LogP contribution in [0.15, 0.2) is 12.5 Å².